The number of amides is 1. The molecule has 1 amide bonds. The third-order valence-corrected chi connectivity index (χ3v) is 4.91. The van der Waals surface area contributed by atoms with Gasteiger partial charge in [-0.1, -0.05) is 23.7 Å². The van der Waals surface area contributed by atoms with Crippen LogP contribution in [0, 0.1) is 0 Å². The van der Waals surface area contributed by atoms with Crippen molar-refractivity contribution in [1.29, 1.82) is 0 Å². The molecule has 0 unspecified atom stereocenters. The molecule has 8 heteroatoms. The summed E-state index contributed by atoms with van der Waals surface area (Å²) in [5.74, 6) is -1.07. The van der Waals surface area contributed by atoms with Crippen molar-refractivity contribution in [1.82, 2.24) is 4.98 Å². The summed E-state index contributed by atoms with van der Waals surface area (Å²) in [5.41, 5.74) is 2.62. The molecule has 0 aliphatic rings. The zero-order chi connectivity index (χ0) is 20.1. The Labute approximate surface area is 171 Å². The summed E-state index contributed by atoms with van der Waals surface area (Å²) in [7, 11) is 3.87. The van der Waals surface area contributed by atoms with E-state index in [0.717, 1.165) is 11.3 Å². The topological polar surface area (TPSA) is 71.5 Å². The van der Waals surface area contributed by atoms with Crippen molar-refractivity contribution in [3.63, 3.8) is 0 Å². The van der Waals surface area contributed by atoms with Crippen LogP contribution in [0.1, 0.15) is 10.5 Å². The Bertz CT molecular complexity index is 986. The number of carbonyl (C=O) groups is 2. The standard InChI is InChI=1S/C20H18ClN3O3S/c1-24(2)16-8-6-15(7-9-16)22-18(25)11-27-20(26)17-12-28-19(23-17)13-4-3-5-14(21)10-13/h3-10,12H,11H2,1-2H3,(H,22,25). The Balaban J connectivity index is 1.54. The van der Waals surface area contributed by atoms with Gasteiger partial charge in [-0.2, -0.15) is 0 Å². The van der Waals surface area contributed by atoms with Gasteiger partial charge < -0.3 is 15.0 Å². The zero-order valence-corrected chi connectivity index (χ0v) is 16.9. The van der Waals surface area contributed by atoms with Crippen molar-refractivity contribution in [3.8, 4) is 10.6 Å². The molecule has 0 atom stereocenters. The minimum atomic E-state index is -0.650. The Morgan fingerprint density at radius 3 is 2.61 bits per heavy atom. The largest absolute Gasteiger partial charge is 0.451 e. The Kier molecular flexibility index (Phi) is 6.28. The maximum atomic E-state index is 12.1. The number of hydrogen-bond donors (Lipinski definition) is 1. The molecule has 1 heterocycles. The van der Waals surface area contributed by atoms with E-state index in [9.17, 15) is 9.59 Å². The second kappa shape index (κ2) is 8.86. The second-order valence-electron chi connectivity index (χ2n) is 6.11. The highest BCUT2D eigenvalue weighted by molar-refractivity contribution is 7.13. The second-order valence-corrected chi connectivity index (χ2v) is 7.41. The molecular weight excluding hydrogens is 398 g/mol. The van der Waals surface area contributed by atoms with Crippen LogP contribution in [0.15, 0.2) is 53.9 Å². The third kappa shape index (κ3) is 5.09. The quantitative estimate of drug-likeness (QED) is 0.607. The molecule has 2 aromatic carbocycles. The smallest absolute Gasteiger partial charge is 0.358 e. The van der Waals surface area contributed by atoms with Gasteiger partial charge in [0.15, 0.2) is 12.3 Å². The number of carbonyl (C=O) groups excluding carboxylic acids is 2. The van der Waals surface area contributed by atoms with E-state index >= 15 is 0 Å². The fraction of sp³-hybridized carbons (Fsp3) is 0.150. The van der Waals surface area contributed by atoms with Gasteiger partial charge in [0.1, 0.15) is 5.01 Å². The zero-order valence-electron chi connectivity index (χ0n) is 15.3. The first-order valence-corrected chi connectivity index (χ1v) is 9.64. The lowest BCUT2D eigenvalue weighted by atomic mass is 10.2. The minimum absolute atomic E-state index is 0.156. The van der Waals surface area contributed by atoms with Crippen LogP contribution >= 0.6 is 22.9 Å². The number of ether oxygens (including phenoxy) is 1. The Morgan fingerprint density at radius 1 is 1.18 bits per heavy atom. The molecule has 3 rings (SSSR count). The molecule has 0 aliphatic heterocycles. The minimum Gasteiger partial charge on any atom is -0.451 e. The Morgan fingerprint density at radius 2 is 1.93 bits per heavy atom. The Hall–Kier alpha value is -2.90. The molecule has 28 heavy (non-hydrogen) atoms. The van der Waals surface area contributed by atoms with E-state index in [0.29, 0.717) is 15.7 Å². The first kappa shape index (κ1) is 19.9. The summed E-state index contributed by atoms with van der Waals surface area (Å²) in [6.45, 7) is -0.391. The number of nitrogens with one attached hydrogen (secondary N) is 1. The normalized spacial score (nSPS) is 10.4. The van der Waals surface area contributed by atoms with Crippen molar-refractivity contribution >= 4 is 46.2 Å². The summed E-state index contributed by atoms with van der Waals surface area (Å²) < 4.78 is 5.06. The van der Waals surface area contributed by atoms with E-state index in [1.165, 1.54) is 11.3 Å². The first-order chi connectivity index (χ1) is 13.4. The molecule has 0 fully saturated rings. The number of rotatable bonds is 6. The number of esters is 1. The number of nitrogens with zero attached hydrogens (tertiary/aromatic N) is 2. The van der Waals surface area contributed by atoms with Crippen molar-refractivity contribution < 1.29 is 14.3 Å². The lowest BCUT2D eigenvalue weighted by molar-refractivity contribution is -0.119. The van der Waals surface area contributed by atoms with Crippen LogP contribution in [-0.4, -0.2) is 37.6 Å². The summed E-state index contributed by atoms with van der Waals surface area (Å²) in [6, 6.07) is 14.5. The highest BCUT2D eigenvalue weighted by Crippen LogP contribution is 2.26. The molecule has 144 valence electrons. The monoisotopic (exact) mass is 415 g/mol. The fourth-order valence-corrected chi connectivity index (χ4v) is 3.34. The number of benzene rings is 2. The number of hydrogen-bond acceptors (Lipinski definition) is 6. The molecule has 0 saturated heterocycles. The predicted molar refractivity (Wildman–Crippen MR) is 112 cm³/mol. The maximum absolute atomic E-state index is 12.1. The molecule has 0 aliphatic carbocycles. The molecule has 6 nitrogen and oxygen atoms in total. The highest BCUT2D eigenvalue weighted by atomic mass is 35.5. The molecule has 1 N–H and O–H groups in total. The van der Waals surface area contributed by atoms with Crippen LogP contribution < -0.4 is 10.2 Å². The van der Waals surface area contributed by atoms with Gasteiger partial charge >= 0.3 is 5.97 Å². The lowest BCUT2D eigenvalue weighted by Crippen LogP contribution is -2.21. The van der Waals surface area contributed by atoms with E-state index in [1.54, 1.807) is 29.6 Å². The van der Waals surface area contributed by atoms with E-state index < -0.39 is 18.5 Å². The van der Waals surface area contributed by atoms with Crippen molar-refractivity contribution in [2.45, 2.75) is 0 Å². The number of aromatic nitrogens is 1. The third-order valence-electron chi connectivity index (χ3n) is 3.79. The van der Waals surface area contributed by atoms with Crippen LogP contribution in [0.5, 0.6) is 0 Å². The average molecular weight is 416 g/mol. The van der Waals surface area contributed by atoms with Crippen LogP contribution in [0.4, 0.5) is 11.4 Å². The predicted octanol–water partition coefficient (Wildman–Crippen LogP) is 4.33. The van der Waals surface area contributed by atoms with Crippen LogP contribution in [0.2, 0.25) is 5.02 Å². The van der Waals surface area contributed by atoms with Crippen LogP contribution in [0.25, 0.3) is 10.6 Å². The lowest BCUT2D eigenvalue weighted by Gasteiger charge is -2.13. The van der Waals surface area contributed by atoms with Crippen LogP contribution in [0.3, 0.4) is 0 Å². The number of thiazole rings is 1. The fourth-order valence-electron chi connectivity index (χ4n) is 2.37. The molecule has 0 saturated carbocycles. The van der Waals surface area contributed by atoms with Gasteiger partial charge in [-0.3, -0.25) is 4.79 Å². The van der Waals surface area contributed by atoms with Gasteiger partial charge in [-0.15, -0.1) is 11.3 Å². The first-order valence-electron chi connectivity index (χ1n) is 8.38. The maximum Gasteiger partial charge on any atom is 0.358 e. The summed E-state index contributed by atoms with van der Waals surface area (Å²) in [6.07, 6.45) is 0. The average Bonchev–Trinajstić information content (AvgIpc) is 3.17. The molecule has 3 aromatic rings. The van der Waals surface area contributed by atoms with Gasteiger partial charge in [0.2, 0.25) is 0 Å². The summed E-state index contributed by atoms with van der Waals surface area (Å²) >= 11 is 7.28. The van der Waals surface area contributed by atoms with Gasteiger partial charge in [0.25, 0.3) is 5.91 Å². The van der Waals surface area contributed by atoms with Gasteiger partial charge in [0.05, 0.1) is 0 Å². The van der Waals surface area contributed by atoms with Crippen molar-refractivity contribution in [2.75, 3.05) is 30.9 Å². The van der Waals surface area contributed by atoms with E-state index in [2.05, 4.69) is 10.3 Å². The molecule has 0 bridgehead atoms. The van der Waals surface area contributed by atoms with Crippen LogP contribution in [-0.2, 0) is 9.53 Å². The van der Waals surface area contributed by atoms with Crippen molar-refractivity contribution in [2.24, 2.45) is 0 Å². The van der Waals surface area contributed by atoms with E-state index in [4.69, 9.17) is 16.3 Å². The molecule has 1 aromatic heterocycles. The highest BCUT2D eigenvalue weighted by Gasteiger charge is 2.15. The summed E-state index contributed by atoms with van der Waals surface area (Å²) in [4.78, 5) is 30.4. The SMILES string of the molecule is CN(C)c1ccc(NC(=O)COC(=O)c2csc(-c3cccc(Cl)c3)n2)cc1. The van der Waals surface area contributed by atoms with Gasteiger partial charge in [-0.05, 0) is 36.4 Å². The van der Waals surface area contributed by atoms with E-state index in [1.807, 2.05) is 43.3 Å². The molecule has 0 radical (unpaired) electrons. The number of anilines is 2. The van der Waals surface area contributed by atoms with Crippen molar-refractivity contribution in [3.05, 3.63) is 64.6 Å². The molecular formula is C20H18ClN3O3S. The number of halogens is 1. The summed E-state index contributed by atoms with van der Waals surface area (Å²) in [5, 5.41) is 5.52. The molecule has 0 spiro atoms. The van der Waals surface area contributed by atoms with E-state index in [-0.39, 0.29) is 5.69 Å². The van der Waals surface area contributed by atoms with Gasteiger partial charge in [-0.25, -0.2) is 9.78 Å². The van der Waals surface area contributed by atoms with Gasteiger partial charge in [0, 0.05) is 41.4 Å².